The Hall–Kier alpha value is -2.24. The van der Waals surface area contributed by atoms with Crippen molar-refractivity contribution in [3.63, 3.8) is 0 Å². The predicted molar refractivity (Wildman–Crippen MR) is 66.0 cm³/mol. The zero-order chi connectivity index (χ0) is 13.7. The molecule has 0 spiro atoms. The standard InChI is InChI=1S/C13H15NO5/c1-2-17-13(16)12(15)14-7-9-8-18-10-5-3-4-6-11(10)19-9/h3-6,9H,2,7-8H2,1H3,(H,14,15)/t9-/m0/s1. The molecule has 1 aromatic carbocycles. The molecule has 0 radical (unpaired) electrons. The van der Waals surface area contributed by atoms with Gasteiger partial charge in [-0.1, -0.05) is 12.1 Å². The summed E-state index contributed by atoms with van der Waals surface area (Å²) in [6.07, 6.45) is -0.326. The molecule has 0 bridgehead atoms. The van der Waals surface area contributed by atoms with E-state index in [2.05, 4.69) is 10.1 Å². The average molecular weight is 265 g/mol. The van der Waals surface area contributed by atoms with Crippen molar-refractivity contribution < 1.29 is 23.8 Å². The Kier molecular flexibility index (Phi) is 4.22. The molecule has 102 valence electrons. The van der Waals surface area contributed by atoms with Crippen molar-refractivity contribution in [1.82, 2.24) is 5.32 Å². The van der Waals surface area contributed by atoms with Crippen molar-refractivity contribution in [2.45, 2.75) is 13.0 Å². The van der Waals surface area contributed by atoms with Crippen LogP contribution in [0.15, 0.2) is 24.3 Å². The highest BCUT2D eigenvalue weighted by atomic mass is 16.6. The number of rotatable bonds is 3. The van der Waals surface area contributed by atoms with E-state index < -0.39 is 11.9 Å². The molecule has 6 nitrogen and oxygen atoms in total. The molecular formula is C13H15NO5. The molecule has 0 unspecified atom stereocenters. The number of esters is 1. The first-order valence-electron chi connectivity index (χ1n) is 6.04. The lowest BCUT2D eigenvalue weighted by Crippen LogP contribution is -2.43. The maximum absolute atomic E-state index is 11.3. The normalized spacial score (nSPS) is 16.6. The molecule has 19 heavy (non-hydrogen) atoms. The Bertz CT molecular complexity index is 474. The fraction of sp³-hybridized carbons (Fsp3) is 0.385. The lowest BCUT2D eigenvalue weighted by molar-refractivity contribution is -0.154. The first kappa shape index (κ1) is 13.2. The molecule has 0 saturated carbocycles. The Balaban J connectivity index is 1.83. The largest absolute Gasteiger partial charge is 0.486 e. The van der Waals surface area contributed by atoms with E-state index in [0.717, 1.165) is 0 Å². The van der Waals surface area contributed by atoms with Gasteiger partial charge in [0, 0.05) is 0 Å². The molecule has 6 heteroatoms. The van der Waals surface area contributed by atoms with E-state index in [-0.39, 0.29) is 19.3 Å². The minimum absolute atomic E-state index is 0.169. The molecule has 1 heterocycles. The highest BCUT2D eigenvalue weighted by molar-refractivity contribution is 6.32. The summed E-state index contributed by atoms with van der Waals surface area (Å²) in [7, 11) is 0. The summed E-state index contributed by atoms with van der Waals surface area (Å²) in [5.74, 6) is -0.358. The third-order valence-corrected chi connectivity index (χ3v) is 2.52. The van der Waals surface area contributed by atoms with Gasteiger partial charge in [0.2, 0.25) is 0 Å². The molecule has 1 atom stereocenters. The summed E-state index contributed by atoms with van der Waals surface area (Å²) in [6, 6.07) is 7.28. The zero-order valence-electron chi connectivity index (χ0n) is 10.5. The van der Waals surface area contributed by atoms with E-state index >= 15 is 0 Å². The summed E-state index contributed by atoms with van der Waals surface area (Å²) in [5.41, 5.74) is 0. The van der Waals surface area contributed by atoms with Crippen LogP contribution in [-0.2, 0) is 14.3 Å². The van der Waals surface area contributed by atoms with Crippen LogP contribution in [0, 0.1) is 0 Å². The van der Waals surface area contributed by atoms with Crippen LogP contribution in [0.5, 0.6) is 11.5 Å². The third-order valence-electron chi connectivity index (χ3n) is 2.52. The van der Waals surface area contributed by atoms with Gasteiger partial charge >= 0.3 is 11.9 Å². The van der Waals surface area contributed by atoms with Crippen LogP contribution in [-0.4, -0.2) is 37.7 Å². The van der Waals surface area contributed by atoms with Gasteiger partial charge in [-0.05, 0) is 19.1 Å². The molecule has 1 aromatic rings. The van der Waals surface area contributed by atoms with Crippen LogP contribution in [0.4, 0.5) is 0 Å². The van der Waals surface area contributed by atoms with Crippen molar-refractivity contribution in [3.8, 4) is 11.5 Å². The molecule has 0 fully saturated rings. The highest BCUT2D eigenvalue weighted by Crippen LogP contribution is 2.30. The lowest BCUT2D eigenvalue weighted by atomic mass is 10.2. The minimum atomic E-state index is -0.889. The van der Waals surface area contributed by atoms with Gasteiger partial charge in [0.15, 0.2) is 11.5 Å². The second kappa shape index (κ2) is 6.08. The van der Waals surface area contributed by atoms with Gasteiger partial charge in [-0.25, -0.2) is 4.79 Å². The van der Waals surface area contributed by atoms with Gasteiger partial charge in [0.05, 0.1) is 13.2 Å². The summed E-state index contributed by atoms with van der Waals surface area (Å²) < 4.78 is 15.7. The molecule has 2 rings (SSSR count). The molecule has 0 saturated heterocycles. The zero-order valence-corrected chi connectivity index (χ0v) is 10.5. The summed E-state index contributed by atoms with van der Waals surface area (Å²) in [5, 5.41) is 2.45. The van der Waals surface area contributed by atoms with E-state index in [1.807, 2.05) is 18.2 Å². The number of hydrogen-bond donors (Lipinski definition) is 1. The average Bonchev–Trinajstić information content (AvgIpc) is 2.44. The van der Waals surface area contributed by atoms with Gasteiger partial charge in [-0.15, -0.1) is 0 Å². The summed E-state index contributed by atoms with van der Waals surface area (Å²) >= 11 is 0. The first-order chi connectivity index (χ1) is 9.20. The molecule has 1 N–H and O–H groups in total. The number of ether oxygens (including phenoxy) is 3. The van der Waals surface area contributed by atoms with E-state index in [1.165, 1.54) is 0 Å². The van der Waals surface area contributed by atoms with Crippen LogP contribution in [0.25, 0.3) is 0 Å². The fourth-order valence-electron chi connectivity index (χ4n) is 1.64. The SMILES string of the molecule is CCOC(=O)C(=O)NC[C@H]1COc2ccccc2O1. The molecular weight excluding hydrogens is 250 g/mol. The van der Waals surface area contributed by atoms with Gasteiger partial charge in [0.25, 0.3) is 0 Å². The maximum atomic E-state index is 11.3. The molecule has 0 aromatic heterocycles. The molecule has 1 aliphatic heterocycles. The van der Waals surface area contributed by atoms with Gasteiger partial charge in [-0.2, -0.15) is 0 Å². The monoisotopic (exact) mass is 265 g/mol. The van der Waals surface area contributed by atoms with Crippen molar-refractivity contribution in [2.75, 3.05) is 19.8 Å². The van der Waals surface area contributed by atoms with Crippen LogP contribution in [0.3, 0.4) is 0 Å². The van der Waals surface area contributed by atoms with Gasteiger partial charge < -0.3 is 19.5 Å². The van der Waals surface area contributed by atoms with E-state index in [4.69, 9.17) is 9.47 Å². The second-order valence-corrected chi connectivity index (χ2v) is 3.93. The maximum Gasteiger partial charge on any atom is 0.396 e. The van der Waals surface area contributed by atoms with Crippen LogP contribution >= 0.6 is 0 Å². The van der Waals surface area contributed by atoms with Crippen molar-refractivity contribution in [3.05, 3.63) is 24.3 Å². The lowest BCUT2D eigenvalue weighted by Gasteiger charge is -2.26. The summed E-state index contributed by atoms with van der Waals surface area (Å²) in [6.45, 7) is 2.31. The van der Waals surface area contributed by atoms with Gasteiger partial charge in [-0.3, -0.25) is 4.79 Å². The van der Waals surface area contributed by atoms with E-state index in [0.29, 0.717) is 18.1 Å². The number of amides is 1. The smallest absolute Gasteiger partial charge is 0.396 e. The Morgan fingerprint density at radius 3 is 2.84 bits per heavy atom. The fourth-order valence-corrected chi connectivity index (χ4v) is 1.64. The Morgan fingerprint density at radius 1 is 1.37 bits per heavy atom. The molecule has 1 amide bonds. The van der Waals surface area contributed by atoms with E-state index in [9.17, 15) is 9.59 Å². The van der Waals surface area contributed by atoms with Crippen molar-refractivity contribution in [1.29, 1.82) is 0 Å². The Labute approximate surface area is 110 Å². The number of para-hydroxylation sites is 2. The number of carbonyl (C=O) groups excluding carboxylic acids is 2. The van der Waals surface area contributed by atoms with Crippen LogP contribution in [0.2, 0.25) is 0 Å². The number of fused-ring (bicyclic) bond motifs is 1. The Morgan fingerprint density at radius 2 is 2.11 bits per heavy atom. The van der Waals surface area contributed by atoms with Gasteiger partial charge in [0.1, 0.15) is 12.7 Å². The van der Waals surface area contributed by atoms with E-state index in [1.54, 1.807) is 13.0 Å². The summed E-state index contributed by atoms with van der Waals surface area (Å²) in [4.78, 5) is 22.4. The van der Waals surface area contributed by atoms with Crippen LogP contribution in [0.1, 0.15) is 6.92 Å². The third kappa shape index (κ3) is 3.37. The topological polar surface area (TPSA) is 73.9 Å². The highest BCUT2D eigenvalue weighted by Gasteiger charge is 2.22. The molecule has 1 aliphatic rings. The number of benzene rings is 1. The second-order valence-electron chi connectivity index (χ2n) is 3.93. The van der Waals surface area contributed by atoms with Crippen molar-refractivity contribution in [2.24, 2.45) is 0 Å². The number of nitrogens with one attached hydrogen (secondary N) is 1. The number of hydrogen-bond acceptors (Lipinski definition) is 5. The number of carbonyl (C=O) groups is 2. The predicted octanol–water partition coefficient (Wildman–Crippen LogP) is 0.506. The minimum Gasteiger partial charge on any atom is -0.486 e. The van der Waals surface area contributed by atoms with Crippen LogP contribution < -0.4 is 14.8 Å². The first-order valence-corrected chi connectivity index (χ1v) is 6.04. The quantitative estimate of drug-likeness (QED) is 0.636. The molecule has 0 aliphatic carbocycles. The van der Waals surface area contributed by atoms with Crippen molar-refractivity contribution >= 4 is 11.9 Å².